The Hall–Kier alpha value is -3.06. The van der Waals surface area contributed by atoms with E-state index in [0.717, 1.165) is 23.3 Å². The molecule has 4 heteroatoms. The molecule has 1 amide bonds. The SMILES string of the molecule is C=CCc1ccccc1OCC#CCNC(=O)Cc1ccc(F)cc1. The van der Waals surface area contributed by atoms with Gasteiger partial charge in [-0.1, -0.05) is 48.2 Å². The molecular weight excluding hydrogens is 317 g/mol. The van der Waals surface area contributed by atoms with Crippen molar-refractivity contribution < 1.29 is 13.9 Å². The van der Waals surface area contributed by atoms with Crippen LogP contribution in [0.4, 0.5) is 4.39 Å². The van der Waals surface area contributed by atoms with Crippen molar-refractivity contribution in [1.82, 2.24) is 5.32 Å². The number of allylic oxidation sites excluding steroid dienone is 1. The molecule has 2 aromatic rings. The molecule has 0 aliphatic rings. The van der Waals surface area contributed by atoms with Crippen LogP contribution in [0, 0.1) is 17.7 Å². The highest BCUT2D eigenvalue weighted by Crippen LogP contribution is 2.18. The third-order valence-electron chi connectivity index (χ3n) is 3.41. The molecule has 2 aromatic carbocycles. The lowest BCUT2D eigenvalue weighted by atomic mass is 10.1. The Labute approximate surface area is 147 Å². The fourth-order valence-electron chi connectivity index (χ4n) is 2.19. The van der Waals surface area contributed by atoms with E-state index in [1.54, 1.807) is 12.1 Å². The number of amides is 1. The highest BCUT2D eigenvalue weighted by Gasteiger charge is 2.02. The number of para-hydroxylation sites is 1. The average Bonchev–Trinajstić information content (AvgIpc) is 2.61. The van der Waals surface area contributed by atoms with Gasteiger partial charge in [-0.25, -0.2) is 4.39 Å². The maximum atomic E-state index is 12.8. The molecule has 0 bridgehead atoms. The number of carbonyl (C=O) groups excluding carboxylic acids is 1. The second kappa shape index (κ2) is 9.94. The zero-order chi connectivity index (χ0) is 17.9. The summed E-state index contributed by atoms with van der Waals surface area (Å²) in [5, 5.41) is 2.70. The van der Waals surface area contributed by atoms with Crippen LogP contribution in [0.3, 0.4) is 0 Å². The van der Waals surface area contributed by atoms with Crippen LogP contribution in [0.5, 0.6) is 5.75 Å². The Morgan fingerprint density at radius 3 is 2.68 bits per heavy atom. The Balaban J connectivity index is 1.71. The minimum atomic E-state index is -0.315. The first-order valence-corrected chi connectivity index (χ1v) is 7.97. The molecule has 0 saturated heterocycles. The maximum absolute atomic E-state index is 12.8. The van der Waals surface area contributed by atoms with Crippen LogP contribution in [0.1, 0.15) is 11.1 Å². The van der Waals surface area contributed by atoms with Crippen molar-refractivity contribution in [1.29, 1.82) is 0 Å². The number of ether oxygens (including phenoxy) is 1. The largest absolute Gasteiger partial charge is 0.481 e. The molecule has 1 N–H and O–H groups in total. The molecular formula is C21H20FNO2. The van der Waals surface area contributed by atoms with E-state index in [1.165, 1.54) is 12.1 Å². The van der Waals surface area contributed by atoms with Crippen molar-refractivity contribution in [2.45, 2.75) is 12.8 Å². The van der Waals surface area contributed by atoms with Crippen molar-refractivity contribution in [2.75, 3.05) is 13.2 Å². The van der Waals surface area contributed by atoms with E-state index in [1.807, 2.05) is 30.3 Å². The lowest BCUT2D eigenvalue weighted by molar-refractivity contribution is -0.120. The first-order valence-electron chi connectivity index (χ1n) is 7.97. The summed E-state index contributed by atoms with van der Waals surface area (Å²) in [5.74, 6) is 6.03. The van der Waals surface area contributed by atoms with Gasteiger partial charge in [-0.3, -0.25) is 4.79 Å². The van der Waals surface area contributed by atoms with Crippen LogP contribution >= 0.6 is 0 Å². The van der Waals surface area contributed by atoms with Crippen molar-refractivity contribution in [2.24, 2.45) is 0 Å². The van der Waals surface area contributed by atoms with E-state index < -0.39 is 0 Å². The number of nitrogens with one attached hydrogen (secondary N) is 1. The number of carbonyl (C=O) groups is 1. The van der Waals surface area contributed by atoms with Gasteiger partial charge in [-0.2, -0.15) is 0 Å². The molecule has 3 nitrogen and oxygen atoms in total. The molecule has 0 aliphatic carbocycles. The summed E-state index contributed by atoms with van der Waals surface area (Å²) in [5.41, 5.74) is 1.82. The number of rotatable bonds is 7. The van der Waals surface area contributed by atoms with Gasteiger partial charge < -0.3 is 10.1 Å². The maximum Gasteiger partial charge on any atom is 0.225 e. The van der Waals surface area contributed by atoms with Crippen molar-refractivity contribution >= 4 is 5.91 Å². The van der Waals surface area contributed by atoms with Gasteiger partial charge in [0.15, 0.2) is 0 Å². The second-order valence-corrected chi connectivity index (χ2v) is 5.32. The predicted octanol–water partition coefficient (Wildman–Crippen LogP) is 3.30. The van der Waals surface area contributed by atoms with Crippen LogP contribution in [-0.2, 0) is 17.6 Å². The summed E-state index contributed by atoms with van der Waals surface area (Å²) in [6.07, 6.45) is 2.76. The second-order valence-electron chi connectivity index (χ2n) is 5.32. The monoisotopic (exact) mass is 337 g/mol. The predicted molar refractivity (Wildman–Crippen MR) is 96.7 cm³/mol. The van der Waals surface area contributed by atoms with E-state index >= 15 is 0 Å². The van der Waals surface area contributed by atoms with Crippen molar-refractivity contribution in [3.63, 3.8) is 0 Å². The molecule has 0 aromatic heterocycles. The first-order chi connectivity index (χ1) is 12.2. The summed E-state index contributed by atoms with van der Waals surface area (Å²) >= 11 is 0. The van der Waals surface area contributed by atoms with E-state index in [2.05, 4.69) is 23.7 Å². The van der Waals surface area contributed by atoms with Crippen LogP contribution in [0.15, 0.2) is 61.2 Å². The Kier molecular flexibility index (Phi) is 7.27. The molecule has 0 fully saturated rings. The van der Waals surface area contributed by atoms with Crippen LogP contribution in [0.25, 0.3) is 0 Å². The number of hydrogen-bond donors (Lipinski definition) is 1. The van der Waals surface area contributed by atoms with E-state index in [9.17, 15) is 9.18 Å². The van der Waals surface area contributed by atoms with Gasteiger partial charge in [0, 0.05) is 0 Å². The zero-order valence-electron chi connectivity index (χ0n) is 13.9. The highest BCUT2D eigenvalue weighted by atomic mass is 19.1. The standard InChI is InChI=1S/C21H20FNO2/c1-2-7-18-8-3-4-9-20(18)25-15-6-5-14-23-21(24)16-17-10-12-19(22)13-11-17/h2-4,8-13H,1,7,14-16H2,(H,23,24). The third-order valence-corrected chi connectivity index (χ3v) is 3.41. The van der Waals surface area contributed by atoms with Gasteiger partial charge in [-0.15, -0.1) is 6.58 Å². The number of hydrogen-bond acceptors (Lipinski definition) is 2. The summed E-state index contributed by atoms with van der Waals surface area (Å²) in [7, 11) is 0. The van der Waals surface area contributed by atoms with Crippen molar-refractivity contribution in [3.8, 4) is 17.6 Å². The topological polar surface area (TPSA) is 38.3 Å². The van der Waals surface area contributed by atoms with Crippen LogP contribution in [-0.4, -0.2) is 19.1 Å². The highest BCUT2D eigenvalue weighted by molar-refractivity contribution is 5.78. The Morgan fingerprint density at radius 2 is 1.92 bits per heavy atom. The molecule has 0 heterocycles. The Morgan fingerprint density at radius 1 is 1.16 bits per heavy atom. The lowest BCUT2D eigenvalue weighted by Gasteiger charge is -2.07. The normalized spacial score (nSPS) is 9.64. The van der Waals surface area contributed by atoms with Gasteiger partial charge in [0.1, 0.15) is 18.2 Å². The summed E-state index contributed by atoms with van der Waals surface area (Å²) < 4.78 is 18.4. The van der Waals surface area contributed by atoms with Crippen molar-refractivity contribution in [3.05, 3.63) is 78.1 Å². The third kappa shape index (κ3) is 6.52. The lowest BCUT2D eigenvalue weighted by Crippen LogP contribution is -2.25. The molecule has 128 valence electrons. The van der Waals surface area contributed by atoms with Gasteiger partial charge >= 0.3 is 0 Å². The first kappa shape index (κ1) is 18.3. The van der Waals surface area contributed by atoms with Gasteiger partial charge in [0.05, 0.1) is 13.0 Å². The average molecular weight is 337 g/mol. The van der Waals surface area contributed by atoms with Gasteiger partial charge in [0.25, 0.3) is 0 Å². The molecule has 0 unspecified atom stereocenters. The minimum Gasteiger partial charge on any atom is -0.481 e. The van der Waals surface area contributed by atoms with Gasteiger partial charge in [-0.05, 0) is 35.7 Å². The van der Waals surface area contributed by atoms with E-state index in [4.69, 9.17) is 4.74 Å². The molecule has 0 aliphatic heterocycles. The fourth-order valence-corrected chi connectivity index (χ4v) is 2.19. The van der Waals surface area contributed by atoms with E-state index in [0.29, 0.717) is 0 Å². The number of halogens is 1. The zero-order valence-corrected chi connectivity index (χ0v) is 13.9. The Bertz CT molecular complexity index is 772. The smallest absolute Gasteiger partial charge is 0.225 e. The van der Waals surface area contributed by atoms with Gasteiger partial charge in [0.2, 0.25) is 5.91 Å². The molecule has 2 rings (SSSR count). The van der Waals surface area contributed by atoms with Crippen LogP contribution < -0.4 is 10.1 Å². The summed E-state index contributed by atoms with van der Waals surface area (Å²) in [6.45, 7) is 4.23. The van der Waals surface area contributed by atoms with E-state index in [-0.39, 0.29) is 31.3 Å². The molecule has 0 radical (unpaired) electrons. The van der Waals surface area contributed by atoms with Crippen LogP contribution in [0.2, 0.25) is 0 Å². The summed E-state index contributed by atoms with van der Waals surface area (Å²) in [4.78, 5) is 11.8. The quantitative estimate of drug-likeness (QED) is 0.622. The number of benzene rings is 2. The molecule has 25 heavy (non-hydrogen) atoms. The minimum absolute atomic E-state index is 0.154. The molecule has 0 atom stereocenters. The fraction of sp³-hybridized carbons (Fsp3) is 0.190. The molecule has 0 saturated carbocycles. The summed E-state index contributed by atoms with van der Waals surface area (Å²) in [6, 6.07) is 13.6. The molecule has 0 spiro atoms.